The molecule has 3 heteroatoms. The molecular formula is C20H23BrO2. The maximum atomic E-state index is 12.9. The van der Waals surface area contributed by atoms with Crippen molar-refractivity contribution >= 4 is 27.5 Å². The van der Waals surface area contributed by atoms with E-state index in [9.17, 15) is 9.59 Å². The van der Waals surface area contributed by atoms with Crippen molar-refractivity contribution in [1.82, 2.24) is 0 Å². The summed E-state index contributed by atoms with van der Waals surface area (Å²) in [6, 6.07) is 3.98. The maximum Gasteiger partial charge on any atom is 0.173 e. The van der Waals surface area contributed by atoms with Gasteiger partial charge < -0.3 is 0 Å². The highest BCUT2D eigenvalue weighted by Gasteiger charge is 2.39. The van der Waals surface area contributed by atoms with Crippen LogP contribution in [0.4, 0.5) is 0 Å². The molecule has 2 fully saturated rings. The van der Waals surface area contributed by atoms with Crippen LogP contribution >= 0.6 is 15.9 Å². The van der Waals surface area contributed by atoms with Crippen molar-refractivity contribution < 1.29 is 9.59 Å². The van der Waals surface area contributed by atoms with Crippen LogP contribution in [0.2, 0.25) is 0 Å². The van der Waals surface area contributed by atoms with Crippen LogP contribution in [0.25, 0.3) is 0 Å². The molecule has 0 N–H and O–H groups in total. The fourth-order valence-electron chi connectivity index (χ4n) is 4.10. The Kier molecular flexibility index (Phi) is 4.86. The first-order valence-corrected chi connectivity index (χ1v) is 9.31. The topological polar surface area (TPSA) is 34.1 Å². The molecule has 1 atom stereocenters. The molecule has 2 nitrogen and oxygen atoms in total. The maximum absolute atomic E-state index is 12.9. The fourth-order valence-corrected chi connectivity index (χ4v) is 4.79. The second-order valence-corrected chi connectivity index (χ2v) is 7.90. The van der Waals surface area contributed by atoms with Crippen LogP contribution in [0.5, 0.6) is 0 Å². The molecule has 0 heterocycles. The van der Waals surface area contributed by atoms with E-state index in [2.05, 4.69) is 22.0 Å². The Hall–Kier alpha value is -1.22. The van der Waals surface area contributed by atoms with E-state index in [0.29, 0.717) is 12.3 Å². The molecule has 2 aliphatic rings. The normalized spacial score (nSPS) is 24.7. The van der Waals surface area contributed by atoms with Crippen molar-refractivity contribution in [2.24, 2.45) is 5.92 Å². The lowest BCUT2D eigenvalue weighted by atomic mass is 9.86. The molecule has 122 valence electrons. The molecule has 1 aromatic rings. The Morgan fingerprint density at radius 2 is 1.65 bits per heavy atom. The molecule has 0 radical (unpaired) electrons. The van der Waals surface area contributed by atoms with Gasteiger partial charge in [-0.25, -0.2) is 0 Å². The fraction of sp³-hybridized carbons (Fsp3) is 0.500. The first-order chi connectivity index (χ1) is 11.0. The zero-order valence-corrected chi connectivity index (χ0v) is 15.4. The molecule has 0 bridgehead atoms. The number of carbonyl (C=O) groups is 2. The van der Waals surface area contributed by atoms with E-state index in [1.54, 1.807) is 0 Å². The second kappa shape index (κ2) is 6.72. The van der Waals surface area contributed by atoms with Crippen LogP contribution in [0.1, 0.15) is 61.1 Å². The lowest BCUT2D eigenvalue weighted by Gasteiger charge is -2.18. The standard InChI is InChI=1S/C20H23BrO2/c1-12-8-16(21)9-13(2)18(12)19-17(22)11-15(20(19)23)10-14-6-4-3-5-7-14/h8-10,14,19H,3-7,11H2,1-2H3. The third-order valence-electron chi connectivity index (χ3n) is 5.20. The summed E-state index contributed by atoms with van der Waals surface area (Å²) < 4.78 is 0.993. The zero-order valence-electron chi connectivity index (χ0n) is 13.8. The SMILES string of the molecule is Cc1cc(Br)cc(C)c1C1C(=O)CC(=CC2CCCCC2)C1=O. The average Bonchev–Trinajstić information content (AvgIpc) is 2.75. The van der Waals surface area contributed by atoms with Gasteiger partial charge in [-0.15, -0.1) is 0 Å². The largest absolute Gasteiger partial charge is 0.298 e. The number of Topliss-reactive ketones (excluding diaryl/α,β-unsaturated/α-hetero) is 2. The molecule has 0 aliphatic heterocycles. The minimum Gasteiger partial charge on any atom is -0.298 e. The van der Waals surface area contributed by atoms with Gasteiger partial charge in [0.15, 0.2) is 11.6 Å². The monoisotopic (exact) mass is 374 g/mol. The summed E-state index contributed by atoms with van der Waals surface area (Å²) in [6.45, 7) is 3.97. The number of hydrogen-bond donors (Lipinski definition) is 0. The van der Waals surface area contributed by atoms with E-state index in [1.165, 1.54) is 19.3 Å². The number of halogens is 1. The Morgan fingerprint density at radius 3 is 2.26 bits per heavy atom. The number of benzene rings is 1. The minimum absolute atomic E-state index is 0.0362. The Bertz CT molecular complexity index is 658. The van der Waals surface area contributed by atoms with Crippen molar-refractivity contribution in [3.05, 3.63) is 44.9 Å². The third kappa shape index (κ3) is 3.35. The van der Waals surface area contributed by atoms with Crippen LogP contribution < -0.4 is 0 Å². The van der Waals surface area contributed by atoms with Gasteiger partial charge in [-0.2, -0.15) is 0 Å². The van der Waals surface area contributed by atoms with Gasteiger partial charge in [0.25, 0.3) is 0 Å². The summed E-state index contributed by atoms with van der Waals surface area (Å²) in [4.78, 5) is 25.4. The molecule has 2 aliphatic carbocycles. The van der Waals surface area contributed by atoms with E-state index in [0.717, 1.165) is 39.6 Å². The van der Waals surface area contributed by atoms with Gasteiger partial charge in [-0.1, -0.05) is 41.3 Å². The van der Waals surface area contributed by atoms with E-state index in [4.69, 9.17) is 0 Å². The molecule has 1 aromatic carbocycles. The van der Waals surface area contributed by atoms with Gasteiger partial charge in [0.2, 0.25) is 0 Å². The van der Waals surface area contributed by atoms with Crippen LogP contribution in [0.15, 0.2) is 28.3 Å². The lowest BCUT2D eigenvalue weighted by molar-refractivity contribution is -0.123. The molecule has 0 amide bonds. The highest BCUT2D eigenvalue weighted by atomic mass is 79.9. The molecular weight excluding hydrogens is 352 g/mol. The third-order valence-corrected chi connectivity index (χ3v) is 5.66. The first-order valence-electron chi connectivity index (χ1n) is 8.51. The molecule has 2 saturated carbocycles. The summed E-state index contributed by atoms with van der Waals surface area (Å²) in [6.07, 6.45) is 8.53. The van der Waals surface area contributed by atoms with Crippen LogP contribution in [0, 0.1) is 19.8 Å². The molecule has 3 rings (SSSR count). The smallest absolute Gasteiger partial charge is 0.173 e. The molecule has 0 saturated heterocycles. The summed E-state index contributed by atoms with van der Waals surface area (Å²) >= 11 is 3.48. The van der Waals surface area contributed by atoms with Crippen molar-refractivity contribution in [3.8, 4) is 0 Å². The van der Waals surface area contributed by atoms with E-state index in [1.807, 2.05) is 26.0 Å². The zero-order chi connectivity index (χ0) is 16.6. The Balaban J connectivity index is 1.91. The van der Waals surface area contributed by atoms with E-state index >= 15 is 0 Å². The summed E-state index contributed by atoms with van der Waals surface area (Å²) in [5, 5.41) is 0. The van der Waals surface area contributed by atoms with Gasteiger partial charge in [0.05, 0.1) is 0 Å². The highest BCUT2D eigenvalue weighted by Crippen LogP contribution is 2.38. The van der Waals surface area contributed by atoms with Gasteiger partial charge in [-0.05, 0) is 67.0 Å². The average molecular weight is 375 g/mol. The van der Waals surface area contributed by atoms with Crippen LogP contribution in [0.3, 0.4) is 0 Å². The number of rotatable bonds is 2. The van der Waals surface area contributed by atoms with Gasteiger partial charge >= 0.3 is 0 Å². The predicted octanol–water partition coefficient (Wildman–Crippen LogP) is 5.20. The second-order valence-electron chi connectivity index (χ2n) is 6.98. The van der Waals surface area contributed by atoms with Crippen molar-refractivity contribution in [2.75, 3.05) is 0 Å². The Morgan fingerprint density at radius 1 is 1.04 bits per heavy atom. The number of aryl methyl sites for hydroxylation is 2. The van der Waals surface area contributed by atoms with Crippen LogP contribution in [-0.4, -0.2) is 11.6 Å². The first kappa shape index (κ1) is 16.6. The molecule has 1 unspecified atom stereocenters. The number of hydrogen-bond acceptors (Lipinski definition) is 2. The number of ketones is 2. The van der Waals surface area contributed by atoms with E-state index < -0.39 is 5.92 Å². The summed E-state index contributed by atoms with van der Waals surface area (Å²) in [7, 11) is 0. The lowest BCUT2D eigenvalue weighted by Crippen LogP contribution is -2.15. The van der Waals surface area contributed by atoms with Crippen LogP contribution in [-0.2, 0) is 9.59 Å². The van der Waals surface area contributed by atoms with Crippen molar-refractivity contribution in [1.29, 1.82) is 0 Å². The van der Waals surface area contributed by atoms with Crippen molar-refractivity contribution in [3.63, 3.8) is 0 Å². The highest BCUT2D eigenvalue weighted by molar-refractivity contribution is 9.10. The predicted molar refractivity (Wildman–Crippen MR) is 95.6 cm³/mol. The van der Waals surface area contributed by atoms with Crippen molar-refractivity contribution in [2.45, 2.75) is 58.3 Å². The number of carbonyl (C=O) groups excluding carboxylic acids is 2. The van der Waals surface area contributed by atoms with Gasteiger partial charge in [-0.3, -0.25) is 9.59 Å². The molecule has 0 spiro atoms. The molecule has 0 aromatic heterocycles. The number of allylic oxidation sites excluding steroid dienone is 2. The van der Waals surface area contributed by atoms with Gasteiger partial charge in [0, 0.05) is 10.9 Å². The molecule has 23 heavy (non-hydrogen) atoms. The summed E-state index contributed by atoms with van der Waals surface area (Å²) in [5.74, 6) is -0.000944. The van der Waals surface area contributed by atoms with E-state index in [-0.39, 0.29) is 11.6 Å². The minimum atomic E-state index is -0.585. The summed E-state index contributed by atoms with van der Waals surface area (Å²) in [5.41, 5.74) is 3.70. The van der Waals surface area contributed by atoms with Gasteiger partial charge in [0.1, 0.15) is 5.92 Å². The quantitative estimate of drug-likeness (QED) is 0.526. The Labute approximate surface area is 146 Å².